The highest BCUT2D eigenvalue weighted by molar-refractivity contribution is 8.06. The summed E-state index contributed by atoms with van der Waals surface area (Å²) in [6.45, 7) is 0. The molecule has 0 aromatic carbocycles. The number of nitrogens with two attached hydrogens (primary N) is 1. The average Bonchev–Trinajstić information content (AvgIpc) is 2.99. The Morgan fingerprint density at radius 2 is 1.95 bits per heavy atom. The standard InChI is InChI=1S/C14H15N2O3P/c15-14-16-9(10-11-12-13(19-10)20(11,12)17)8(18-14)6-7-4-2-1-3-5-7/h7H,1-6H2,(H2,15,16). The van der Waals surface area contributed by atoms with E-state index in [9.17, 15) is 4.57 Å². The number of nitrogen functional groups attached to an aromatic ring is 1. The number of nitrogens with zero attached hydrogens (tertiary/aromatic N) is 1. The van der Waals surface area contributed by atoms with Crippen molar-refractivity contribution in [3.8, 4) is 11.5 Å². The van der Waals surface area contributed by atoms with E-state index in [0.717, 1.165) is 22.8 Å². The number of rotatable bonds is 3. The fourth-order valence-corrected chi connectivity index (χ4v) is 6.08. The third-order valence-corrected chi connectivity index (χ3v) is 7.34. The number of anilines is 1. The lowest BCUT2D eigenvalue weighted by Crippen LogP contribution is -2.09. The van der Waals surface area contributed by atoms with Crippen LogP contribution in [0.4, 0.5) is 6.01 Å². The number of hydrogen-bond donors (Lipinski definition) is 1. The van der Waals surface area contributed by atoms with Crippen LogP contribution < -0.4 is 21.8 Å². The van der Waals surface area contributed by atoms with E-state index in [0.29, 0.717) is 22.9 Å². The lowest BCUT2D eigenvalue weighted by molar-refractivity contribution is 0.336. The summed E-state index contributed by atoms with van der Waals surface area (Å²) in [5, 5.41) is 1.85. The fourth-order valence-electron chi connectivity index (χ4n) is 3.60. The molecule has 0 saturated heterocycles. The van der Waals surface area contributed by atoms with Crippen LogP contribution in [0.1, 0.15) is 37.9 Å². The fraction of sp³-hybridized carbons (Fsp3) is 0.500. The van der Waals surface area contributed by atoms with E-state index in [1.165, 1.54) is 32.1 Å². The Bertz CT molecular complexity index is 774. The van der Waals surface area contributed by atoms with E-state index in [4.69, 9.17) is 14.6 Å². The molecule has 0 amide bonds. The summed E-state index contributed by atoms with van der Waals surface area (Å²) >= 11 is 0. The molecule has 0 radical (unpaired) electrons. The molecule has 1 fully saturated rings. The molecule has 2 aromatic rings. The molecular formula is C14H15N2O3P. The highest BCUT2D eigenvalue weighted by Crippen LogP contribution is 2.70. The summed E-state index contributed by atoms with van der Waals surface area (Å²) in [6, 6.07) is 0.176. The molecule has 104 valence electrons. The lowest BCUT2D eigenvalue weighted by atomic mass is 9.86. The van der Waals surface area contributed by atoms with Crippen molar-refractivity contribution >= 4 is 29.3 Å². The number of oxazole rings is 1. The van der Waals surface area contributed by atoms with Crippen molar-refractivity contribution in [2.75, 3.05) is 5.73 Å². The van der Waals surface area contributed by atoms with Gasteiger partial charge in [0, 0.05) is 6.42 Å². The van der Waals surface area contributed by atoms with Crippen LogP contribution in [-0.2, 0) is 11.0 Å². The molecule has 1 aliphatic carbocycles. The molecule has 0 spiro atoms. The second-order valence-electron chi connectivity index (χ2n) is 6.07. The van der Waals surface area contributed by atoms with E-state index in [-0.39, 0.29) is 6.01 Å². The molecule has 5 nitrogen and oxygen atoms in total. The average molecular weight is 290 g/mol. The Labute approximate surface area is 115 Å². The van der Waals surface area contributed by atoms with Crippen LogP contribution in [0.15, 0.2) is 8.83 Å². The third kappa shape index (κ3) is 1.25. The molecule has 1 unspecified atom stereocenters. The maximum atomic E-state index is 12.1. The Morgan fingerprint density at radius 1 is 1.20 bits per heavy atom. The van der Waals surface area contributed by atoms with Crippen molar-refractivity contribution in [2.24, 2.45) is 5.92 Å². The van der Waals surface area contributed by atoms with Gasteiger partial charge in [0.15, 0.2) is 17.0 Å². The number of hydrogen-bond acceptors (Lipinski definition) is 5. The first-order chi connectivity index (χ1) is 9.69. The highest BCUT2D eigenvalue weighted by atomic mass is 31.2. The van der Waals surface area contributed by atoms with Gasteiger partial charge >= 0.3 is 0 Å². The van der Waals surface area contributed by atoms with Crippen molar-refractivity contribution in [3.05, 3.63) is 5.76 Å². The van der Waals surface area contributed by atoms with Crippen LogP contribution >= 0.6 is 7.14 Å². The second kappa shape index (κ2) is 3.40. The topological polar surface area (TPSA) is 82.3 Å². The maximum Gasteiger partial charge on any atom is 0.292 e. The van der Waals surface area contributed by atoms with Gasteiger partial charge in [0.2, 0.25) is 7.14 Å². The van der Waals surface area contributed by atoms with Gasteiger partial charge in [-0.3, -0.25) is 0 Å². The molecule has 6 rings (SSSR count). The van der Waals surface area contributed by atoms with Crippen molar-refractivity contribution < 1.29 is 13.4 Å². The van der Waals surface area contributed by atoms with E-state index in [1.807, 2.05) is 0 Å². The number of fused-ring (bicyclic) bond motifs is 1. The first kappa shape index (κ1) is 11.2. The van der Waals surface area contributed by atoms with Crippen LogP contribution in [-0.4, -0.2) is 4.98 Å². The minimum absolute atomic E-state index is 0.176. The summed E-state index contributed by atoms with van der Waals surface area (Å²) in [5.74, 6) is 2.10. The summed E-state index contributed by atoms with van der Waals surface area (Å²) in [5.41, 5.74) is 7.10. The summed E-state index contributed by atoms with van der Waals surface area (Å²) in [4.78, 5) is 4.26. The van der Waals surface area contributed by atoms with Crippen molar-refractivity contribution in [3.63, 3.8) is 0 Å². The maximum absolute atomic E-state index is 12.1. The summed E-state index contributed by atoms with van der Waals surface area (Å²) < 4.78 is 23.3. The van der Waals surface area contributed by atoms with Crippen LogP contribution in [0, 0.1) is 5.92 Å². The summed E-state index contributed by atoms with van der Waals surface area (Å²) in [7, 11) is -2.20. The SMILES string of the molecule is Nc1nc(-c2oc3c4c2P34=O)c(CC2CCCCC2)o1. The Hall–Kier alpha value is -1.48. The smallest absolute Gasteiger partial charge is 0.292 e. The van der Waals surface area contributed by atoms with E-state index in [2.05, 4.69) is 4.98 Å². The molecule has 6 heteroatoms. The molecule has 2 bridgehead atoms. The minimum atomic E-state index is -2.20. The Balaban J connectivity index is 1.49. The minimum Gasteiger partial charge on any atom is -0.449 e. The number of aromatic nitrogens is 1. The van der Waals surface area contributed by atoms with E-state index in [1.54, 1.807) is 0 Å². The molecule has 4 aliphatic rings. The first-order valence-corrected chi connectivity index (χ1v) is 8.94. The van der Waals surface area contributed by atoms with Gasteiger partial charge in [-0.15, -0.1) is 0 Å². The predicted octanol–water partition coefficient (Wildman–Crippen LogP) is 1.91. The van der Waals surface area contributed by atoms with Gasteiger partial charge in [0.1, 0.15) is 5.76 Å². The lowest BCUT2D eigenvalue weighted by Gasteiger charge is -2.20. The molecule has 1 atom stereocenters. The molecule has 2 aromatic heterocycles. The zero-order valence-corrected chi connectivity index (χ0v) is 11.9. The molecule has 2 N–H and O–H groups in total. The van der Waals surface area contributed by atoms with Gasteiger partial charge in [-0.25, -0.2) is 0 Å². The summed E-state index contributed by atoms with van der Waals surface area (Å²) in [6.07, 6.45) is 7.24. The molecule has 5 heterocycles. The van der Waals surface area contributed by atoms with Crippen LogP contribution in [0.3, 0.4) is 0 Å². The zero-order valence-electron chi connectivity index (χ0n) is 11.0. The predicted molar refractivity (Wildman–Crippen MR) is 75.4 cm³/mol. The zero-order chi connectivity index (χ0) is 13.5. The van der Waals surface area contributed by atoms with Crippen molar-refractivity contribution in [1.29, 1.82) is 0 Å². The molecule has 20 heavy (non-hydrogen) atoms. The van der Waals surface area contributed by atoms with Crippen molar-refractivity contribution in [2.45, 2.75) is 38.5 Å². The number of furan rings is 1. The van der Waals surface area contributed by atoms with Gasteiger partial charge < -0.3 is 19.1 Å². The van der Waals surface area contributed by atoms with Crippen LogP contribution in [0.5, 0.6) is 0 Å². The monoisotopic (exact) mass is 290 g/mol. The second-order valence-corrected chi connectivity index (χ2v) is 8.59. The van der Waals surface area contributed by atoms with E-state index >= 15 is 0 Å². The molecule has 3 aliphatic heterocycles. The molecular weight excluding hydrogens is 275 g/mol. The van der Waals surface area contributed by atoms with E-state index < -0.39 is 7.14 Å². The first-order valence-electron chi connectivity index (χ1n) is 7.23. The highest BCUT2D eigenvalue weighted by Gasteiger charge is 2.75. The Morgan fingerprint density at radius 3 is 2.60 bits per heavy atom. The van der Waals surface area contributed by atoms with Crippen LogP contribution in [0.2, 0.25) is 0 Å². The van der Waals surface area contributed by atoms with Gasteiger partial charge in [0.05, 0.1) is 10.6 Å². The van der Waals surface area contributed by atoms with Gasteiger partial charge in [-0.05, 0) is 5.92 Å². The quantitative estimate of drug-likeness (QED) is 0.583. The van der Waals surface area contributed by atoms with Gasteiger partial charge in [0.25, 0.3) is 6.01 Å². The largest absolute Gasteiger partial charge is 0.449 e. The van der Waals surface area contributed by atoms with Gasteiger partial charge in [-0.1, -0.05) is 32.1 Å². The molecule has 1 saturated carbocycles. The third-order valence-electron chi connectivity index (χ3n) is 4.78. The van der Waals surface area contributed by atoms with Crippen molar-refractivity contribution in [1.82, 2.24) is 4.98 Å². The Kier molecular flexibility index (Phi) is 1.90. The normalized spacial score (nSPS) is 26.6. The van der Waals surface area contributed by atoms with Crippen LogP contribution in [0.25, 0.3) is 11.5 Å². The van der Waals surface area contributed by atoms with Gasteiger partial charge in [-0.2, -0.15) is 4.98 Å².